The molecule has 1 heteroatoms. The van der Waals surface area contributed by atoms with Crippen molar-refractivity contribution in [2.75, 3.05) is 0 Å². The summed E-state index contributed by atoms with van der Waals surface area (Å²) in [7, 11) is 0. The Morgan fingerprint density at radius 2 is 1.14 bits per heavy atom. The van der Waals surface area contributed by atoms with Gasteiger partial charge >= 0.3 is 0 Å². The van der Waals surface area contributed by atoms with Gasteiger partial charge in [0.2, 0.25) is 0 Å². The summed E-state index contributed by atoms with van der Waals surface area (Å²) in [5, 5.41) is 0. The minimum atomic E-state index is -0.202. The first kappa shape index (κ1) is 20.9. The van der Waals surface area contributed by atoms with Gasteiger partial charge in [-0.2, -0.15) is 0 Å². The molecule has 0 aliphatic rings. The van der Waals surface area contributed by atoms with Crippen molar-refractivity contribution < 1.29 is 4.79 Å². The van der Waals surface area contributed by atoms with Gasteiger partial charge in [0.05, 0.1) is 0 Å². The van der Waals surface area contributed by atoms with Crippen LogP contribution >= 0.6 is 0 Å². The zero-order chi connectivity index (χ0) is 17.2. The molecule has 0 bridgehead atoms. The van der Waals surface area contributed by atoms with Gasteiger partial charge in [0.1, 0.15) is 5.78 Å². The molecule has 22 heavy (non-hydrogen) atoms. The molecule has 0 fully saturated rings. The van der Waals surface area contributed by atoms with E-state index in [1.807, 2.05) is 20.8 Å². The van der Waals surface area contributed by atoms with Crippen LogP contribution in [-0.4, -0.2) is 5.78 Å². The molecule has 0 rings (SSSR count). The third-order valence-corrected chi connectivity index (χ3v) is 3.82. The molecule has 0 saturated carbocycles. The molecular weight excluding hydrogens is 268 g/mol. The van der Waals surface area contributed by atoms with Gasteiger partial charge < -0.3 is 0 Å². The predicted octanol–water partition coefficient (Wildman–Crippen LogP) is 6.80. The van der Waals surface area contributed by atoms with Crippen molar-refractivity contribution in [1.29, 1.82) is 0 Å². The van der Waals surface area contributed by atoms with Crippen LogP contribution in [-0.2, 0) is 4.79 Å². The van der Waals surface area contributed by atoms with Crippen LogP contribution in [0.5, 0.6) is 0 Å². The van der Waals surface area contributed by atoms with E-state index in [1.54, 1.807) is 0 Å². The first-order valence-electron chi connectivity index (χ1n) is 8.61. The van der Waals surface area contributed by atoms with Crippen molar-refractivity contribution in [2.45, 2.75) is 87.0 Å². The molecule has 0 N–H and O–H groups in total. The fraction of sp³-hybridized carbons (Fsp3) is 0.667. The van der Waals surface area contributed by atoms with Gasteiger partial charge in [0.25, 0.3) is 0 Å². The first-order chi connectivity index (χ1) is 10.1. The standard InChI is InChI=1S/C21H36O/c1-17(2)11-8-12-18(3)13-9-14-19(4)15-10-16-20(22)21(5,6)7/h11,13,15H,8-10,12,14,16H2,1-7H3. The largest absolute Gasteiger partial charge is 0.299 e. The van der Waals surface area contributed by atoms with E-state index in [1.165, 1.54) is 16.7 Å². The Labute approximate surface area is 138 Å². The van der Waals surface area contributed by atoms with Crippen molar-refractivity contribution in [1.82, 2.24) is 0 Å². The zero-order valence-corrected chi connectivity index (χ0v) is 15.9. The van der Waals surface area contributed by atoms with Crippen molar-refractivity contribution in [2.24, 2.45) is 5.41 Å². The molecule has 0 radical (unpaired) electrons. The van der Waals surface area contributed by atoms with Gasteiger partial charge in [0.15, 0.2) is 0 Å². The summed E-state index contributed by atoms with van der Waals surface area (Å²) < 4.78 is 0. The van der Waals surface area contributed by atoms with E-state index >= 15 is 0 Å². The molecule has 0 aromatic heterocycles. The topological polar surface area (TPSA) is 17.1 Å². The summed E-state index contributed by atoms with van der Waals surface area (Å²) in [6, 6.07) is 0. The average molecular weight is 305 g/mol. The quantitative estimate of drug-likeness (QED) is 0.428. The number of allylic oxidation sites excluding steroid dienone is 6. The van der Waals surface area contributed by atoms with Crippen LogP contribution in [0, 0.1) is 5.41 Å². The zero-order valence-electron chi connectivity index (χ0n) is 15.9. The van der Waals surface area contributed by atoms with Crippen molar-refractivity contribution in [3.05, 3.63) is 34.9 Å². The van der Waals surface area contributed by atoms with E-state index in [0.29, 0.717) is 12.2 Å². The maximum atomic E-state index is 11.9. The predicted molar refractivity (Wildman–Crippen MR) is 99.1 cm³/mol. The number of carbonyl (C=O) groups excluding carboxylic acids is 1. The highest BCUT2D eigenvalue weighted by Crippen LogP contribution is 2.18. The fourth-order valence-electron chi connectivity index (χ4n) is 2.16. The van der Waals surface area contributed by atoms with E-state index in [9.17, 15) is 4.79 Å². The summed E-state index contributed by atoms with van der Waals surface area (Å²) >= 11 is 0. The van der Waals surface area contributed by atoms with Crippen LogP contribution in [0.2, 0.25) is 0 Å². The minimum Gasteiger partial charge on any atom is -0.299 e. The second-order valence-corrected chi connectivity index (χ2v) is 7.67. The van der Waals surface area contributed by atoms with E-state index in [2.05, 4.69) is 45.9 Å². The fourth-order valence-corrected chi connectivity index (χ4v) is 2.16. The maximum absolute atomic E-state index is 11.9. The normalized spacial score (nSPS) is 13.2. The molecule has 0 unspecified atom stereocenters. The van der Waals surface area contributed by atoms with Crippen molar-refractivity contribution >= 4 is 5.78 Å². The Balaban J connectivity index is 4.02. The molecule has 0 aromatic carbocycles. The highest BCUT2D eigenvalue weighted by molar-refractivity contribution is 5.83. The third kappa shape index (κ3) is 11.5. The highest BCUT2D eigenvalue weighted by atomic mass is 16.1. The molecule has 1 nitrogen and oxygen atoms in total. The Morgan fingerprint density at radius 1 is 0.727 bits per heavy atom. The van der Waals surface area contributed by atoms with E-state index in [4.69, 9.17) is 0 Å². The lowest BCUT2D eigenvalue weighted by atomic mass is 9.88. The van der Waals surface area contributed by atoms with Crippen molar-refractivity contribution in [3.8, 4) is 0 Å². The average Bonchev–Trinajstić information content (AvgIpc) is 2.37. The first-order valence-corrected chi connectivity index (χ1v) is 8.61. The summed E-state index contributed by atoms with van der Waals surface area (Å²) in [5.41, 5.74) is 4.08. The molecule has 0 amide bonds. The van der Waals surface area contributed by atoms with Gasteiger partial charge in [-0.15, -0.1) is 0 Å². The molecule has 0 saturated heterocycles. The highest BCUT2D eigenvalue weighted by Gasteiger charge is 2.19. The number of ketones is 1. The van der Waals surface area contributed by atoms with Gasteiger partial charge in [-0.3, -0.25) is 4.79 Å². The number of rotatable bonds is 9. The van der Waals surface area contributed by atoms with Crippen LogP contribution in [0.15, 0.2) is 34.9 Å². The Kier molecular flexibility index (Phi) is 10.1. The number of Topliss-reactive ketones (excluding diaryl/α,β-unsaturated/α-hetero) is 1. The third-order valence-electron chi connectivity index (χ3n) is 3.82. The summed E-state index contributed by atoms with van der Waals surface area (Å²) in [6.07, 6.45) is 13.0. The van der Waals surface area contributed by atoms with Gasteiger partial charge in [-0.1, -0.05) is 55.7 Å². The van der Waals surface area contributed by atoms with E-state index in [-0.39, 0.29) is 5.41 Å². The summed E-state index contributed by atoms with van der Waals surface area (Å²) in [6.45, 7) is 14.7. The van der Waals surface area contributed by atoms with Gasteiger partial charge in [-0.25, -0.2) is 0 Å². The molecule has 0 heterocycles. The smallest absolute Gasteiger partial charge is 0.138 e. The maximum Gasteiger partial charge on any atom is 0.138 e. The van der Waals surface area contributed by atoms with Crippen molar-refractivity contribution in [3.63, 3.8) is 0 Å². The number of hydrogen-bond donors (Lipinski definition) is 0. The van der Waals surface area contributed by atoms with Crippen LogP contribution in [0.1, 0.15) is 87.0 Å². The monoisotopic (exact) mass is 304 g/mol. The minimum absolute atomic E-state index is 0.202. The second-order valence-electron chi connectivity index (χ2n) is 7.67. The van der Waals surface area contributed by atoms with Crippen LogP contribution in [0.25, 0.3) is 0 Å². The van der Waals surface area contributed by atoms with Crippen LogP contribution in [0.3, 0.4) is 0 Å². The molecule has 0 aliphatic heterocycles. The molecule has 0 atom stereocenters. The lowest BCUT2D eigenvalue weighted by Gasteiger charge is -2.15. The van der Waals surface area contributed by atoms with Gasteiger partial charge in [-0.05, 0) is 59.8 Å². The lowest BCUT2D eigenvalue weighted by molar-refractivity contribution is -0.126. The van der Waals surface area contributed by atoms with Gasteiger partial charge in [0, 0.05) is 11.8 Å². The lowest BCUT2D eigenvalue weighted by Crippen LogP contribution is -2.19. The molecule has 0 aromatic rings. The SMILES string of the molecule is CC(C)=CCCC(C)=CCCC(C)=CCCC(=O)C(C)(C)C. The van der Waals surface area contributed by atoms with E-state index in [0.717, 1.165) is 32.1 Å². The van der Waals surface area contributed by atoms with Crippen LogP contribution < -0.4 is 0 Å². The summed E-state index contributed by atoms with van der Waals surface area (Å²) in [5.74, 6) is 0.353. The number of carbonyl (C=O) groups is 1. The Bertz CT molecular complexity index is 423. The molecular formula is C21H36O. The second kappa shape index (κ2) is 10.6. The molecule has 0 spiro atoms. The molecule has 0 aliphatic carbocycles. The van der Waals surface area contributed by atoms with E-state index < -0.39 is 0 Å². The number of hydrogen-bond acceptors (Lipinski definition) is 1. The Hall–Kier alpha value is -1.11. The molecule has 126 valence electrons. The van der Waals surface area contributed by atoms with Crippen LogP contribution in [0.4, 0.5) is 0 Å². The Morgan fingerprint density at radius 3 is 1.55 bits per heavy atom. The summed E-state index contributed by atoms with van der Waals surface area (Å²) in [4.78, 5) is 11.9.